The highest BCUT2D eigenvalue weighted by Gasteiger charge is 2.35. The second kappa shape index (κ2) is 8.67. The van der Waals surface area contributed by atoms with Crippen LogP contribution in [0.5, 0.6) is 0 Å². The van der Waals surface area contributed by atoms with E-state index in [-0.39, 0.29) is 17.9 Å². The van der Waals surface area contributed by atoms with Gasteiger partial charge in [-0.15, -0.1) is 0 Å². The second-order valence-electron chi connectivity index (χ2n) is 7.83. The molecule has 142 valence electrons. The van der Waals surface area contributed by atoms with Crippen molar-refractivity contribution >= 4 is 17.5 Å². The molecule has 0 N–H and O–H groups in total. The molecule has 5 heteroatoms. The normalized spacial score (nSPS) is 22.1. The lowest BCUT2D eigenvalue weighted by Gasteiger charge is -2.42. The topological polar surface area (TPSA) is 43.9 Å². The zero-order valence-electron chi connectivity index (χ0n) is 16.1. The maximum atomic E-state index is 13.0. The van der Waals surface area contributed by atoms with Gasteiger partial charge in [0.15, 0.2) is 0 Å². The predicted molar refractivity (Wildman–Crippen MR) is 104 cm³/mol. The van der Waals surface area contributed by atoms with Crippen molar-refractivity contribution in [3.05, 3.63) is 30.3 Å². The van der Waals surface area contributed by atoms with Gasteiger partial charge in [0.2, 0.25) is 11.8 Å². The SMILES string of the molecule is CC(C)CCC(=O)N1CCN(C2CCCN(c3ccccc3)C2=O)CC1. The molecule has 1 aromatic rings. The summed E-state index contributed by atoms with van der Waals surface area (Å²) in [5, 5.41) is 0. The monoisotopic (exact) mass is 357 g/mol. The van der Waals surface area contributed by atoms with Crippen LogP contribution in [0, 0.1) is 5.92 Å². The van der Waals surface area contributed by atoms with Gasteiger partial charge in [-0.25, -0.2) is 0 Å². The molecule has 5 nitrogen and oxygen atoms in total. The fourth-order valence-corrected chi connectivity index (χ4v) is 3.91. The van der Waals surface area contributed by atoms with Crippen molar-refractivity contribution in [1.82, 2.24) is 9.80 Å². The maximum Gasteiger partial charge on any atom is 0.244 e. The lowest BCUT2D eigenvalue weighted by atomic mass is 10.0. The van der Waals surface area contributed by atoms with Crippen LogP contribution in [0.3, 0.4) is 0 Å². The lowest BCUT2D eigenvalue weighted by molar-refractivity contribution is -0.134. The van der Waals surface area contributed by atoms with E-state index in [0.717, 1.165) is 57.7 Å². The number of amides is 2. The molecule has 0 bridgehead atoms. The number of rotatable bonds is 5. The van der Waals surface area contributed by atoms with Gasteiger partial charge in [-0.05, 0) is 37.3 Å². The Bertz CT molecular complexity index is 609. The molecule has 0 saturated carbocycles. The third kappa shape index (κ3) is 4.44. The molecule has 1 atom stereocenters. The van der Waals surface area contributed by atoms with Gasteiger partial charge in [0.05, 0.1) is 6.04 Å². The molecular formula is C21H31N3O2. The molecule has 0 spiro atoms. The highest BCUT2D eigenvalue weighted by molar-refractivity contribution is 5.97. The van der Waals surface area contributed by atoms with Gasteiger partial charge in [-0.3, -0.25) is 14.5 Å². The molecule has 2 saturated heterocycles. The number of benzene rings is 1. The molecule has 1 aromatic carbocycles. The van der Waals surface area contributed by atoms with Gasteiger partial charge in [0.1, 0.15) is 0 Å². The number of piperidine rings is 1. The summed E-state index contributed by atoms with van der Waals surface area (Å²) in [5.41, 5.74) is 0.990. The van der Waals surface area contributed by atoms with Crippen LogP contribution in [0.4, 0.5) is 5.69 Å². The number of piperazine rings is 1. The second-order valence-corrected chi connectivity index (χ2v) is 7.83. The van der Waals surface area contributed by atoms with Crippen molar-refractivity contribution in [3.63, 3.8) is 0 Å². The Morgan fingerprint density at radius 3 is 2.42 bits per heavy atom. The van der Waals surface area contributed by atoms with E-state index < -0.39 is 0 Å². The van der Waals surface area contributed by atoms with Crippen LogP contribution in [0.2, 0.25) is 0 Å². The molecule has 2 aliphatic rings. The van der Waals surface area contributed by atoms with E-state index in [0.29, 0.717) is 12.3 Å². The fraction of sp³-hybridized carbons (Fsp3) is 0.619. The van der Waals surface area contributed by atoms with E-state index in [1.165, 1.54) is 0 Å². The molecule has 2 aliphatic heterocycles. The molecular weight excluding hydrogens is 326 g/mol. The van der Waals surface area contributed by atoms with Crippen LogP contribution in [-0.4, -0.2) is 60.4 Å². The Kier molecular flexibility index (Phi) is 6.30. The van der Waals surface area contributed by atoms with Gasteiger partial charge in [0.25, 0.3) is 0 Å². The number of para-hydroxylation sites is 1. The maximum absolute atomic E-state index is 13.0. The minimum absolute atomic E-state index is 0.0446. The summed E-state index contributed by atoms with van der Waals surface area (Å²) in [5.74, 6) is 1.03. The zero-order valence-corrected chi connectivity index (χ0v) is 16.1. The Morgan fingerprint density at radius 2 is 1.77 bits per heavy atom. The van der Waals surface area contributed by atoms with Gasteiger partial charge < -0.3 is 9.80 Å². The van der Waals surface area contributed by atoms with Crippen LogP contribution in [-0.2, 0) is 9.59 Å². The van der Waals surface area contributed by atoms with Crippen LogP contribution in [0.15, 0.2) is 30.3 Å². The third-order valence-electron chi connectivity index (χ3n) is 5.52. The predicted octanol–water partition coefficient (Wildman–Crippen LogP) is 2.76. The van der Waals surface area contributed by atoms with Crippen molar-refractivity contribution in [1.29, 1.82) is 0 Å². The average Bonchev–Trinajstić information content (AvgIpc) is 2.67. The molecule has 26 heavy (non-hydrogen) atoms. The van der Waals surface area contributed by atoms with Crippen molar-refractivity contribution in [2.75, 3.05) is 37.6 Å². The van der Waals surface area contributed by atoms with E-state index in [1.54, 1.807) is 0 Å². The van der Waals surface area contributed by atoms with E-state index in [9.17, 15) is 9.59 Å². The molecule has 3 rings (SSSR count). The lowest BCUT2D eigenvalue weighted by Crippen LogP contribution is -2.58. The molecule has 2 heterocycles. The highest BCUT2D eigenvalue weighted by Crippen LogP contribution is 2.24. The Morgan fingerprint density at radius 1 is 1.08 bits per heavy atom. The summed E-state index contributed by atoms with van der Waals surface area (Å²) >= 11 is 0. The molecule has 2 fully saturated rings. The third-order valence-corrected chi connectivity index (χ3v) is 5.52. The summed E-state index contributed by atoms with van der Waals surface area (Å²) in [6.07, 6.45) is 3.54. The fourth-order valence-electron chi connectivity index (χ4n) is 3.91. The van der Waals surface area contributed by atoms with Crippen LogP contribution >= 0.6 is 0 Å². The summed E-state index contributed by atoms with van der Waals surface area (Å²) in [7, 11) is 0. The molecule has 2 amide bonds. The minimum atomic E-state index is -0.0446. The van der Waals surface area contributed by atoms with Crippen molar-refractivity contribution in [2.45, 2.75) is 45.6 Å². The van der Waals surface area contributed by atoms with Crippen LogP contribution in [0.1, 0.15) is 39.5 Å². The van der Waals surface area contributed by atoms with E-state index >= 15 is 0 Å². The van der Waals surface area contributed by atoms with Crippen molar-refractivity contribution < 1.29 is 9.59 Å². The zero-order chi connectivity index (χ0) is 18.5. The number of carbonyl (C=O) groups is 2. The van der Waals surface area contributed by atoms with Crippen molar-refractivity contribution in [3.8, 4) is 0 Å². The van der Waals surface area contributed by atoms with Crippen LogP contribution < -0.4 is 4.90 Å². The quantitative estimate of drug-likeness (QED) is 0.814. The summed E-state index contributed by atoms with van der Waals surface area (Å²) in [6, 6.07) is 9.90. The first-order valence-corrected chi connectivity index (χ1v) is 9.94. The molecule has 1 unspecified atom stereocenters. The Hall–Kier alpha value is -1.88. The molecule has 0 aliphatic carbocycles. The minimum Gasteiger partial charge on any atom is -0.340 e. The first kappa shape index (κ1) is 18.9. The number of anilines is 1. The number of carbonyl (C=O) groups excluding carboxylic acids is 2. The van der Waals surface area contributed by atoms with E-state index in [4.69, 9.17) is 0 Å². The number of nitrogens with zero attached hydrogens (tertiary/aromatic N) is 3. The summed E-state index contributed by atoms with van der Waals surface area (Å²) in [4.78, 5) is 31.5. The Balaban J connectivity index is 1.55. The average molecular weight is 357 g/mol. The first-order chi connectivity index (χ1) is 12.6. The van der Waals surface area contributed by atoms with Gasteiger partial charge in [-0.2, -0.15) is 0 Å². The number of hydrogen-bond acceptors (Lipinski definition) is 3. The van der Waals surface area contributed by atoms with Crippen molar-refractivity contribution in [2.24, 2.45) is 5.92 Å². The summed E-state index contributed by atoms with van der Waals surface area (Å²) < 4.78 is 0. The highest BCUT2D eigenvalue weighted by atomic mass is 16.2. The number of hydrogen-bond donors (Lipinski definition) is 0. The smallest absolute Gasteiger partial charge is 0.244 e. The summed E-state index contributed by atoms with van der Waals surface area (Å²) in [6.45, 7) is 8.18. The van der Waals surface area contributed by atoms with Crippen LogP contribution in [0.25, 0.3) is 0 Å². The van der Waals surface area contributed by atoms with Gasteiger partial charge in [-0.1, -0.05) is 32.0 Å². The molecule has 0 aromatic heterocycles. The van der Waals surface area contributed by atoms with E-state index in [1.807, 2.05) is 40.1 Å². The molecule has 0 radical (unpaired) electrons. The Labute approximate surface area is 156 Å². The van der Waals surface area contributed by atoms with Gasteiger partial charge in [0, 0.05) is 44.8 Å². The largest absolute Gasteiger partial charge is 0.340 e. The first-order valence-electron chi connectivity index (χ1n) is 9.94. The van der Waals surface area contributed by atoms with E-state index in [2.05, 4.69) is 18.7 Å². The standard InChI is InChI=1S/C21H31N3O2/c1-17(2)10-11-20(25)23-15-13-22(14-16-23)19-9-6-12-24(21(19)26)18-7-4-3-5-8-18/h3-5,7-8,17,19H,6,9-16H2,1-2H3. The van der Waals surface area contributed by atoms with Gasteiger partial charge >= 0.3 is 0 Å².